The van der Waals surface area contributed by atoms with E-state index in [2.05, 4.69) is 13.5 Å². The second-order valence-corrected chi connectivity index (χ2v) is 8.29. The van der Waals surface area contributed by atoms with Gasteiger partial charge in [-0.2, -0.15) is 0 Å². The number of rotatable bonds is 5. The van der Waals surface area contributed by atoms with Crippen LogP contribution in [0.2, 0.25) is 0 Å². The van der Waals surface area contributed by atoms with Crippen LogP contribution >= 0.6 is 0 Å². The first kappa shape index (κ1) is 19.2. The molecule has 0 radical (unpaired) electrons. The van der Waals surface area contributed by atoms with Crippen molar-refractivity contribution in [1.29, 1.82) is 0 Å². The van der Waals surface area contributed by atoms with Crippen molar-refractivity contribution in [2.75, 3.05) is 6.61 Å². The summed E-state index contributed by atoms with van der Waals surface area (Å²) in [6, 6.07) is 0. The Balaban J connectivity index is 2.33. The number of hydrogen-bond acceptors (Lipinski definition) is 3. The van der Waals surface area contributed by atoms with Gasteiger partial charge in [-0.05, 0) is 68.8 Å². The SMILES string of the molecule is C=C1[C@@H](O)CC2[C@](C)(CCC[C@]2(C)C(=O)O)[C@H]1CC/C(C)=C/CO. The molecular weight excluding hydrogens is 304 g/mol. The maximum atomic E-state index is 12.0. The zero-order valence-electron chi connectivity index (χ0n) is 15.2. The molecule has 2 fully saturated rings. The van der Waals surface area contributed by atoms with E-state index in [1.54, 1.807) is 0 Å². The van der Waals surface area contributed by atoms with E-state index in [-0.39, 0.29) is 23.9 Å². The zero-order valence-corrected chi connectivity index (χ0v) is 15.2. The van der Waals surface area contributed by atoms with E-state index in [1.165, 1.54) is 0 Å². The Kier molecular flexibility index (Phi) is 5.61. The normalized spacial score (nSPS) is 40.3. The molecule has 0 aromatic carbocycles. The van der Waals surface area contributed by atoms with E-state index in [1.807, 2.05) is 19.9 Å². The highest BCUT2D eigenvalue weighted by atomic mass is 16.4. The van der Waals surface area contributed by atoms with Crippen LogP contribution in [0.15, 0.2) is 23.8 Å². The summed E-state index contributed by atoms with van der Waals surface area (Å²) in [6.45, 7) is 10.3. The summed E-state index contributed by atoms with van der Waals surface area (Å²) in [5, 5.41) is 29.4. The first-order chi connectivity index (χ1) is 11.2. The van der Waals surface area contributed by atoms with Gasteiger partial charge in [-0.3, -0.25) is 4.79 Å². The third-order valence-corrected chi connectivity index (χ3v) is 6.86. The second kappa shape index (κ2) is 7.01. The molecule has 0 aromatic heterocycles. The minimum absolute atomic E-state index is 0.0381. The molecule has 0 saturated heterocycles. The fraction of sp³-hybridized carbons (Fsp3) is 0.750. The third kappa shape index (κ3) is 3.18. The highest BCUT2D eigenvalue weighted by Gasteiger charge is 2.58. The van der Waals surface area contributed by atoms with Gasteiger partial charge < -0.3 is 15.3 Å². The first-order valence-corrected chi connectivity index (χ1v) is 9.03. The topological polar surface area (TPSA) is 77.8 Å². The number of aliphatic hydroxyl groups excluding tert-OH is 2. The number of carboxylic acid groups (broad SMARTS) is 1. The van der Waals surface area contributed by atoms with Gasteiger partial charge in [0.1, 0.15) is 0 Å². The number of hydrogen-bond donors (Lipinski definition) is 3. The van der Waals surface area contributed by atoms with Crippen LogP contribution in [0.5, 0.6) is 0 Å². The summed E-state index contributed by atoms with van der Waals surface area (Å²) >= 11 is 0. The van der Waals surface area contributed by atoms with Crippen molar-refractivity contribution in [3.63, 3.8) is 0 Å². The Morgan fingerprint density at radius 1 is 1.38 bits per heavy atom. The van der Waals surface area contributed by atoms with Crippen molar-refractivity contribution in [1.82, 2.24) is 0 Å². The molecule has 3 N–H and O–H groups in total. The van der Waals surface area contributed by atoms with Gasteiger partial charge in [-0.15, -0.1) is 0 Å². The number of allylic oxidation sites excluding steroid dienone is 1. The van der Waals surface area contributed by atoms with Gasteiger partial charge in [0.15, 0.2) is 0 Å². The summed E-state index contributed by atoms with van der Waals surface area (Å²) in [6.07, 6.45) is 5.94. The van der Waals surface area contributed by atoms with E-state index in [4.69, 9.17) is 5.11 Å². The largest absolute Gasteiger partial charge is 0.481 e. The van der Waals surface area contributed by atoms with Crippen LogP contribution < -0.4 is 0 Å². The van der Waals surface area contributed by atoms with Crippen LogP contribution in [0.4, 0.5) is 0 Å². The molecule has 0 bridgehead atoms. The third-order valence-electron chi connectivity index (χ3n) is 6.86. The van der Waals surface area contributed by atoms with Crippen molar-refractivity contribution in [3.05, 3.63) is 23.8 Å². The minimum Gasteiger partial charge on any atom is -0.481 e. The van der Waals surface area contributed by atoms with Crippen LogP contribution in [-0.2, 0) is 4.79 Å². The summed E-state index contributed by atoms with van der Waals surface area (Å²) in [5.41, 5.74) is 1.08. The first-order valence-electron chi connectivity index (χ1n) is 9.03. The molecule has 0 aromatic rings. The Labute approximate surface area is 145 Å². The average Bonchev–Trinajstić information content (AvgIpc) is 2.50. The molecule has 0 aliphatic heterocycles. The van der Waals surface area contributed by atoms with E-state index >= 15 is 0 Å². The van der Waals surface area contributed by atoms with Crippen LogP contribution in [0.1, 0.15) is 59.3 Å². The van der Waals surface area contributed by atoms with Crippen LogP contribution in [0.3, 0.4) is 0 Å². The number of aliphatic carboxylic acids is 1. The van der Waals surface area contributed by atoms with E-state index in [9.17, 15) is 15.0 Å². The Morgan fingerprint density at radius 2 is 2.04 bits per heavy atom. The molecule has 1 unspecified atom stereocenters. The lowest BCUT2D eigenvalue weighted by Crippen LogP contribution is -2.56. The maximum Gasteiger partial charge on any atom is 0.309 e. The molecule has 4 nitrogen and oxygen atoms in total. The zero-order chi connectivity index (χ0) is 18.1. The molecule has 0 amide bonds. The second-order valence-electron chi connectivity index (χ2n) is 8.29. The lowest BCUT2D eigenvalue weighted by Gasteiger charge is -2.58. The minimum atomic E-state index is -0.775. The molecule has 2 rings (SSSR count). The monoisotopic (exact) mass is 336 g/mol. The van der Waals surface area contributed by atoms with Gasteiger partial charge in [0.05, 0.1) is 18.1 Å². The molecule has 4 heteroatoms. The van der Waals surface area contributed by atoms with Crippen LogP contribution in [-0.4, -0.2) is 34.0 Å². The quantitative estimate of drug-likeness (QED) is 0.671. The summed E-state index contributed by atoms with van der Waals surface area (Å²) in [5.74, 6) is -0.663. The standard InChI is InChI=1S/C20H32O4/c1-13(8-11-21)6-7-15-14(2)16(22)12-17-19(15,3)9-5-10-20(17,4)18(23)24/h8,15-17,21-22H,2,5-7,9-12H2,1,3-4H3,(H,23,24)/b13-8+/t15-,16-,17?,19+,20-/m0/s1. The molecule has 2 aliphatic carbocycles. The van der Waals surface area contributed by atoms with E-state index in [0.717, 1.165) is 36.8 Å². The van der Waals surface area contributed by atoms with Gasteiger partial charge >= 0.3 is 5.97 Å². The Hall–Kier alpha value is -1.13. The van der Waals surface area contributed by atoms with Crippen molar-refractivity contribution in [3.8, 4) is 0 Å². The molecule has 2 aliphatic rings. The predicted octanol–water partition coefficient (Wildman–Crippen LogP) is 3.54. The average molecular weight is 336 g/mol. The number of aliphatic hydroxyl groups is 2. The number of fused-ring (bicyclic) bond motifs is 1. The molecule has 0 heterocycles. The fourth-order valence-electron chi connectivity index (χ4n) is 5.29. The molecular formula is C20H32O4. The Morgan fingerprint density at radius 3 is 2.62 bits per heavy atom. The molecule has 0 spiro atoms. The van der Waals surface area contributed by atoms with Gasteiger partial charge in [-0.1, -0.05) is 31.6 Å². The number of carbonyl (C=O) groups is 1. The fourth-order valence-corrected chi connectivity index (χ4v) is 5.29. The highest BCUT2D eigenvalue weighted by molar-refractivity contribution is 5.75. The summed E-state index contributed by atoms with van der Waals surface area (Å²) < 4.78 is 0. The van der Waals surface area contributed by atoms with Gasteiger partial charge in [0.25, 0.3) is 0 Å². The molecule has 24 heavy (non-hydrogen) atoms. The molecule has 5 atom stereocenters. The van der Waals surface area contributed by atoms with Crippen molar-refractivity contribution in [2.45, 2.75) is 65.4 Å². The smallest absolute Gasteiger partial charge is 0.309 e. The van der Waals surface area contributed by atoms with Crippen molar-refractivity contribution >= 4 is 5.97 Å². The van der Waals surface area contributed by atoms with E-state index in [0.29, 0.717) is 12.8 Å². The lowest BCUT2D eigenvalue weighted by atomic mass is 9.46. The summed E-state index contributed by atoms with van der Waals surface area (Å²) in [7, 11) is 0. The Bertz CT molecular complexity index is 538. The van der Waals surface area contributed by atoms with Gasteiger partial charge in [0.2, 0.25) is 0 Å². The summed E-state index contributed by atoms with van der Waals surface area (Å²) in [4.78, 5) is 12.0. The maximum absolute atomic E-state index is 12.0. The van der Waals surface area contributed by atoms with E-state index < -0.39 is 17.5 Å². The van der Waals surface area contributed by atoms with Crippen LogP contribution in [0, 0.1) is 22.7 Å². The molecule has 136 valence electrons. The van der Waals surface area contributed by atoms with Gasteiger partial charge in [0, 0.05) is 0 Å². The lowest BCUT2D eigenvalue weighted by molar-refractivity contribution is -0.167. The van der Waals surface area contributed by atoms with Crippen molar-refractivity contribution in [2.24, 2.45) is 22.7 Å². The van der Waals surface area contributed by atoms with Crippen LogP contribution in [0.25, 0.3) is 0 Å². The van der Waals surface area contributed by atoms with Crippen molar-refractivity contribution < 1.29 is 20.1 Å². The predicted molar refractivity (Wildman–Crippen MR) is 94.5 cm³/mol. The molecule has 2 saturated carbocycles. The number of carboxylic acids is 1. The van der Waals surface area contributed by atoms with Gasteiger partial charge in [-0.25, -0.2) is 0 Å². The highest BCUT2D eigenvalue weighted by Crippen LogP contribution is 2.62.